The van der Waals surface area contributed by atoms with Crippen molar-refractivity contribution in [1.29, 1.82) is 0 Å². The molecule has 1 aromatic heterocycles. The minimum atomic E-state index is 0.524. The third kappa shape index (κ3) is 4.09. The number of nitrogens with one attached hydrogen (secondary N) is 1. The highest BCUT2D eigenvalue weighted by Crippen LogP contribution is 2.19. The van der Waals surface area contributed by atoms with Gasteiger partial charge in [-0.1, -0.05) is 33.1 Å². The van der Waals surface area contributed by atoms with E-state index in [-0.39, 0.29) is 0 Å². The smallest absolute Gasteiger partial charge is 0.146 e. The SMILES string of the molecule is CCCCC(CCC)Nc1cccnc1N. The second kappa shape index (κ2) is 7.09. The molecule has 0 radical (unpaired) electrons. The predicted molar refractivity (Wildman–Crippen MR) is 70.5 cm³/mol. The Balaban J connectivity index is 2.56. The van der Waals surface area contributed by atoms with Crippen LogP contribution in [0.4, 0.5) is 11.5 Å². The van der Waals surface area contributed by atoms with E-state index in [0.29, 0.717) is 11.9 Å². The summed E-state index contributed by atoms with van der Waals surface area (Å²) in [4.78, 5) is 4.09. The second-order valence-electron chi connectivity index (χ2n) is 4.21. The van der Waals surface area contributed by atoms with Crippen LogP contribution in [0, 0.1) is 0 Å². The van der Waals surface area contributed by atoms with Crippen LogP contribution in [-0.4, -0.2) is 11.0 Å². The molecule has 1 heterocycles. The maximum absolute atomic E-state index is 5.82. The van der Waals surface area contributed by atoms with E-state index >= 15 is 0 Å². The number of rotatable bonds is 7. The van der Waals surface area contributed by atoms with Crippen LogP contribution in [0.5, 0.6) is 0 Å². The van der Waals surface area contributed by atoms with Crippen molar-refractivity contribution in [2.75, 3.05) is 11.1 Å². The van der Waals surface area contributed by atoms with Gasteiger partial charge in [0.1, 0.15) is 5.82 Å². The van der Waals surface area contributed by atoms with Crippen molar-refractivity contribution in [3.05, 3.63) is 18.3 Å². The molecule has 0 bridgehead atoms. The van der Waals surface area contributed by atoms with Crippen LogP contribution in [0.1, 0.15) is 46.0 Å². The number of nitrogens with two attached hydrogens (primary N) is 1. The Kier molecular flexibility index (Phi) is 5.68. The Bertz CT molecular complexity index is 299. The largest absolute Gasteiger partial charge is 0.382 e. The van der Waals surface area contributed by atoms with E-state index in [9.17, 15) is 0 Å². The van der Waals surface area contributed by atoms with Crippen molar-refractivity contribution in [2.45, 2.75) is 52.0 Å². The van der Waals surface area contributed by atoms with E-state index in [2.05, 4.69) is 24.1 Å². The molecule has 0 aromatic carbocycles. The summed E-state index contributed by atoms with van der Waals surface area (Å²) in [6, 6.07) is 4.44. The quantitative estimate of drug-likeness (QED) is 0.741. The first-order valence-electron chi connectivity index (χ1n) is 6.25. The summed E-state index contributed by atoms with van der Waals surface area (Å²) in [7, 11) is 0. The summed E-state index contributed by atoms with van der Waals surface area (Å²) < 4.78 is 0. The number of anilines is 2. The molecular formula is C13H23N3. The molecular weight excluding hydrogens is 198 g/mol. The Morgan fingerprint density at radius 1 is 1.31 bits per heavy atom. The van der Waals surface area contributed by atoms with Crippen LogP contribution >= 0.6 is 0 Å². The van der Waals surface area contributed by atoms with Crippen LogP contribution in [0.2, 0.25) is 0 Å². The van der Waals surface area contributed by atoms with Gasteiger partial charge in [0.05, 0.1) is 5.69 Å². The topological polar surface area (TPSA) is 50.9 Å². The summed E-state index contributed by atoms with van der Waals surface area (Å²) in [5.41, 5.74) is 6.79. The lowest BCUT2D eigenvalue weighted by Crippen LogP contribution is -2.20. The second-order valence-corrected chi connectivity index (χ2v) is 4.21. The number of pyridine rings is 1. The van der Waals surface area contributed by atoms with Crippen molar-refractivity contribution >= 4 is 11.5 Å². The van der Waals surface area contributed by atoms with Gasteiger partial charge in [0.2, 0.25) is 0 Å². The molecule has 3 nitrogen and oxygen atoms in total. The zero-order valence-electron chi connectivity index (χ0n) is 10.4. The Labute approximate surface area is 98.5 Å². The molecule has 1 aromatic rings. The molecule has 0 amide bonds. The lowest BCUT2D eigenvalue weighted by molar-refractivity contribution is 0.564. The summed E-state index contributed by atoms with van der Waals surface area (Å²) >= 11 is 0. The normalized spacial score (nSPS) is 12.4. The maximum Gasteiger partial charge on any atom is 0.146 e. The molecule has 3 N–H and O–H groups in total. The fourth-order valence-corrected chi connectivity index (χ4v) is 1.85. The molecule has 0 spiro atoms. The molecule has 90 valence electrons. The zero-order chi connectivity index (χ0) is 11.8. The Hall–Kier alpha value is -1.25. The van der Waals surface area contributed by atoms with Gasteiger partial charge in [-0.3, -0.25) is 0 Å². The Morgan fingerprint density at radius 2 is 2.12 bits per heavy atom. The highest BCUT2D eigenvalue weighted by Gasteiger charge is 2.08. The van der Waals surface area contributed by atoms with Crippen molar-refractivity contribution in [1.82, 2.24) is 4.98 Å². The minimum absolute atomic E-state index is 0.524. The van der Waals surface area contributed by atoms with Gasteiger partial charge in [0.25, 0.3) is 0 Å². The summed E-state index contributed by atoms with van der Waals surface area (Å²) in [6.45, 7) is 4.44. The third-order valence-corrected chi connectivity index (χ3v) is 2.74. The number of nitrogen functional groups attached to an aromatic ring is 1. The molecule has 0 saturated heterocycles. The van der Waals surface area contributed by atoms with E-state index in [1.165, 1.54) is 32.1 Å². The molecule has 1 rings (SSSR count). The monoisotopic (exact) mass is 221 g/mol. The van der Waals surface area contributed by atoms with Gasteiger partial charge < -0.3 is 11.1 Å². The van der Waals surface area contributed by atoms with Crippen molar-refractivity contribution in [3.63, 3.8) is 0 Å². The molecule has 1 unspecified atom stereocenters. The number of aromatic nitrogens is 1. The summed E-state index contributed by atoms with van der Waals surface area (Å²) in [5, 5.41) is 3.50. The minimum Gasteiger partial charge on any atom is -0.382 e. The van der Waals surface area contributed by atoms with Gasteiger partial charge in [0, 0.05) is 12.2 Å². The fraction of sp³-hybridized carbons (Fsp3) is 0.615. The van der Waals surface area contributed by atoms with Gasteiger partial charge in [-0.2, -0.15) is 0 Å². The fourth-order valence-electron chi connectivity index (χ4n) is 1.85. The van der Waals surface area contributed by atoms with E-state index in [1.54, 1.807) is 6.20 Å². The van der Waals surface area contributed by atoms with Crippen LogP contribution in [0.15, 0.2) is 18.3 Å². The molecule has 0 saturated carbocycles. The molecule has 0 aliphatic rings. The van der Waals surface area contributed by atoms with Crippen LogP contribution in [0.25, 0.3) is 0 Å². The Morgan fingerprint density at radius 3 is 2.75 bits per heavy atom. The number of nitrogens with zero attached hydrogens (tertiary/aromatic N) is 1. The lowest BCUT2D eigenvalue weighted by Gasteiger charge is -2.19. The number of hydrogen-bond donors (Lipinski definition) is 2. The molecule has 0 aliphatic heterocycles. The maximum atomic E-state index is 5.82. The molecule has 1 atom stereocenters. The first kappa shape index (κ1) is 12.8. The van der Waals surface area contributed by atoms with Crippen LogP contribution in [-0.2, 0) is 0 Å². The summed E-state index contributed by atoms with van der Waals surface area (Å²) in [6.07, 6.45) is 7.82. The summed E-state index contributed by atoms with van der Waals surface area (Å²) in [5.74, 6) is 0.597. The van der Waals surface area contributed by atoms with Crippen molar-refractivity contribution in [3.8, 4) is 0 Å². The zero-order valence-corrected chi connectivity index (χ0v) is 10.4. The highest BCUT2D eigenvalue weighted by molar-refractivity contribution is 5.61. The highest BCUT2D eigenvalue weighted by atomic mass is 15.0. The molecule has 0 aliphatic carbocycles. The van der Waals surface area contributed by atoms with E-state index in [0.717, 1.165) is 5.69 Å². The van der Waals surface area contributed by atoms with Gasteiger partial charge in [0.15, 0.2) is 0 Å². The lowest BCUT2D eigenvalue weighted by atomic mass is 10.0. The van der Waals surface area contributed by atoms with Gasteiger partial charge >= 0.3 is 0 Å². The van der Waals surface area contributed by atoms with Crippen LogP contribution < -0.4 is 11.1 Å². The van der Waals surface area contributed by atoms with Gasteiger partial charge in [-0.15, -0.1) is 0 Å². The van der Waals surface area contributed by atoms with Crippen molar-refractivity contribution < 1.29 is 0 Å². The predicted octanol–water partition coefficient (Wildman–Crippen LogP) is 3.43. The molecule has 16 heavy (non-hydrogen) atoms. The average Bonchev–Trinajstić information content (AvgIpc) is 2.29. The molecule has 3 heteroatoms. The first-order chi connectivity index (χ1) is 7.77. The third-order valence-electron chi connectivity index (χ3n) is 2.74. The number of hydrogen-bond acceptors (Lipinski definition) is 3. The molecule has 0 fully saturated rings. The van der Waals surface area contributed by atoms with Crippen molar-refractivity contribution in [2.24, 2.45) is 0 Å². The number of unbranched alkanes of at least 4 members (excludes halogenated alkanes) is 1. The van der Waals surface area contributed by atoms with E-state index in [1.807, 2.05) is 12.1 Å². The van der Waals surface area contributed by atoms with E-state index < -0.39 is 0 Å². The average molecular weight is 221 g/mol. The van der Waals surface area contributed by atoms with Gasteiger partial charge in [-0.05, 0) is 25.0 Å². The van der Waals surface area contributed by atoms with E-state index in [4.69, 9.17) is 5.73 Å². The standard InChI is InChI=1S/C13H23N3/c1-3-5-8-11(7-4-2)16-12-9-6-10-15-13(12)14/h6,9-11,16H,3-5,7-8H2,1-2H3,(H2,14,15). The van der Waals surface area contributed by atoms with Gasteiger partial charge in [-0.25, -0.2) is 4.98 Å². The van der Waals surface area contributed by atoms with Crippen LogP contribution in [0.3, 0.4) is 0 Å². The first-order valence-corrected chi connectivity index (χ1v) is 6.25.